The van der Waals surface area contributed by atoms with Crippen molar-refractivity contribution in [3.05, 3.63) is 96.1 Å². The van der Waals surface area contributed by atoms with E-state index in [-0.39, 0.29) is 47.3 Å². The maximum atomic E-state index is 11.9. The Hall–Kier alpha value is -3.32. The van der Waals surface area contributed by atoms with Gasteiger partial charge in [-0.1, -0.05) is 66.7 Å². The minimum Gasteiger partial charge on any atom is -1.00 e. The standard InChI is InChI=1S/C25H18N4O3S.Na.H/c26-16-19(18-6-2-1-3-7-18)14-17-10-12-20(13-11-17)28-29-23-15-24(33(30,31)32)21-8-4-5-9-22(21)25(23)27;;/h1-15H,27H2,(H,30,31,32);;/q;+1;-1/b19-14+,29-28?;;. The Bertz CT molecular complexity index is 1550. The molecular formula is C25H19N4NaO3S. The predicted octanol–water partition coefficient (Wildman–Crippen LogP) is 3.26. The molecule has 0 amide bonds. The SMILES string of the molecule is N#C/C(=C\c1ccc(N=Nc2cc(S(=O)(=O)O)c3ccccc3c2N)cc1)c1ccccc1.[H-].[Na+]. The van der Waals surface area contributed by atoms with Crippen molar-refractivity contribution in [3.8, 4) is 6.07 Å². The van der Waals surface area contributed by atoms with Gasteiger partial charge < -0.3 is 7.16 Å². The number of nitrogens with two attached hydrogens (primary N) is 1. The number of allylic oxidation sites excluding steroid dienone is 1. The molecule has 3 N–H and O–H groups in total. The number of nitrogens with zero attached hydrogens (tertiary/aromatic N) is 3. The topological polar surface area (TPSA) is 129 Å². The van der Waals surface area contributed by atoms with Gasteiger partial charge in [0, 0.05) is 10.8 Å². The molecule has 0 unspecified atom stereocenters. The van der Waals surface area contributed by atoms with Gasteiger partial charge in [-0.2, -0.15) is 18.8 Å². The van der Waals surface area contributed by atoms with E-state index in [4.69, 9.17) is 5.73 Å². The van der Waals surface area contributed by atoms with Gasteiger partial charge in [0.15, 0.2) is 0 Å². The summed E-state index contributed by atoms with van der Waals surface area (Å²) in [7, 11) is -4.48. The number of azo groups is 1. The summed E-state index contributed by atoms with van der Waals surface area (Å²) >= 11 is 0. The molecule has 164 valence electrons. The molecule has 4 rings (SSSR count). The Balaban J connectivity index is 0.00000216. The van der Waals surface area contributed by atoms with E-state index >= 15 is 0 Å². The Morgan fingerprint density at radius 2 is 1.56 bits per heavy atom. The molecular weight excluding hydrogens is 459 g/mol. The van der Waals surface area contributed by atoms with Crippen LogP contribution in [0.2, 0.25) is 0 Å². The normalized spacial score (nSPS) is 11.8. The van der Waals surface area contributed by atoms with Crippen molar-refractivity contribution < 1.29 is 44.0 Å². The van der Waals surface area contributed by atoms with Gasteiger partial charge in [-0.15, -0.1) is 5.11 Å². The van der Waals surface area contributed by atoms with E-state index in [0.717, 1.165) is 11.1 Å². The molecule has 0 saturated carbocycles. The quantitative estimate of drug-likeness (QED) is 0.114. The first-order chi connectivity index (χ1) is 15.9. The van der Waals surface area contributed by atoms with E-state index in [2.05, 4.69) is 16.3 Å². The van der Waals surface area contributed by atoms with Crippen molar-refractivity contribution in [2.24, 2.45) is 10.2 Å². The zero-order chi connectivity index (χ0) is 23.4. The first-order valence-electron chi connectivity index (χ1n) is 9.84. The average molecular weight is 479 g/mol. The van der Waals surface area contributed by atoms with Gasteiger partial charge in [0.2, 0.25) is 0 Å². The van der Waals surface area contributed by atoms with Crippen LogP contribution in [0.25, 0.3) is 22.4 Å². The van der Waals surface area contributed by atoms with Crippen LogP contribution >= 0.6 is 0 Å². The summed E-state index contributed by atoms with van der Waals surface area (Å²) in [5.41, 5.74) is 9.23. The number of hydrogen-bond acceptors (Lipinski definition) is 6. The van der Waals surface area contributed by atoms with Crippen LogP contribution in [0.4, 0.5) is 17.1 Å². The summed E-state index contributed by atoms with van der Waals surface area (Å²) in [6.07, 6.45) is 1.77. The molecule has 0 aliphatic rings. The van der Waals surface area contributed by atoms with E-state index in [0.29, 0.717) is 22.0 Å². The van der Waals surface area contributed by atoms with Crippen LogP contribution in [0.15, 0.2) is 100 Å². The van der Waals surface area contributed by atoms with Gasteiger partial charge in [0.1, 0.15) is 10.6 Å². The summed E-state index contributed by atoms with van der Waals surface area (Å²) in [5.74, 6) is 0. The fourth-order valence-electron chi connectivity index (χ4n) is 3.36. The summed E-state index contributed by atoms with van der Waals surface area (Å²) in [4.78, 5) is -0.285. The number of nitriles is 1. The molecule has 0 spiro atoms. The maximum absolute atomic E-state index is 11.9. The summed E-state index contributed by atoms with van der Waals surface area (Å²) < 4.78 is 33.3. The van der Waals surface area contributed by atoms with Crippen LogP contribution in [0.1, 0.15) is 12.6 Å². The Labute approximate surface area is 220 Å². The van der Waals surface area contributed by atoms with Crippen LogP contribution < -0.4 is 35.3 Å². The van der Waals surface area contributed by atoms with Crippen molar-refractivity contribution in [1.29, 1.82) is 5.26 Å². The van der Waals surface area contributed by atoms with Gasteiger partial charge in [0.25, 0.3) is 10.1 Å². The molecule has 0 heterocycles. The number of fused-ring (bicyclic) bond motifs is 1. The number of benzene rings is 4. The minimum absolute atomic E-state index is 0. The third-order valence-electron chi connectivity index (χ3n) is 4.99. The van der Waals surface area contributed by atoms with Crippen LogP contribution in [0.3, 0.4) is 0 Å². The number of anilines is 1. The second kappa shape index (κ2) is 10.7. The fourth-order valence-corrected chi connectivity index (χ4v) is 4.08. The number of rotatable bonds is 5. The summed E-state index contributed by atoms with van der Waals surface area (Å²) in [5, 5.41) is 18.5. The van der Waals surface area contributed by atoms with E-state index in [1.54, 1.807) is 54.6 Å². The minimum atomic E-state index is -4.48. The van der Waals surface area contributed by atoms with E-state index in [9.17, 15) is 18.2 Å². The molecule has 0 radical (unpaired) electrons. The van der Waals surface area contributed by atoms with Crippen LogP contribution in [-0.2, 0) is 10.1 Å². The van der Waals surface area contributed by atoms with E-state index in [1.165, 1.54) is 6.07 Å². The largest absolute Gasteiger partial charge is 1.00 e. The van der Waals surface area contributed by atoms with Crippen LogP contribution in [-0.4, -0.2) is 13.0 Å². The molecule has 34 heavy (non-hydrogen) atoms. The van der Waals surface area contributed by atoms with Crippen LogP contribution in [0, 0.1) is 11.3 Å². The molecule has 9 heteroatoms. The van der Waals surface area contributed by atoms with Crippen LogP contribution in [0.5, 0.6) is 0 Å². The fraction of sp³-hybridized carbons (Fsp3) is 0. The molecule has 0 aliphatic heterocycles. The predicted molar refractivity (Wildman–Crippen MR) is 130 cm³/mol. The summed E-state index contributed by atoms with van der Waals surface area (Å²) in [6, 6.07) is 26.4. The monoisotopic (exact) mass is 478 g/mol. The molecule has 4 aromatic carbocycles. The Morgan fingerprint density at radius 3 is 2.18 bits per heavy atom. The third-order valence-corrected chi connectivity index (χ3v) is 5.88. The van der Waals surface area contributed by atoms with Crippen molar-refractivity contribution in [3.63, 3.8) is 0 Å². The van der Waals surface area contributed by atoms with E-state index < -0.39 is 10.1 Å². The molecule has 0 fully saturated rings. The molecule has 7 nitrogen and oxygen atoms in total. The van der Waals surface area contributed by atoms with Crippen molar-refractivity contribution in [2.45, 2.75) is 4.90 Å². The van der Waals surface area contributed by atoms with Gasteiger partial charge in [-0.3, -0.25) is 4.55 Å². The number of nitrogen functional groups attached to an aromatic ring is 1. The zero-order valence-electron chi connectivity index (χ0n) is 19.3. The molecule has 0 aromatic heterocycles. The summed E-state index contributed by atoms with van der Waals surface area (Å²) in [6.45, 7) is 0. The Morgan fingerprint density at radius 1 is 0.941 bits per heavy atom. The zero-order valence-corrected chi connectivity index (χ0v) is 21.1. The Kier molecular flexibility index (Phi) is 7.99. The third kappa shape index (κ3) is 5.59. The van der Waals surface area contributed by atoms with Crippen molar-refractivity contribution in [2.75, 3.05) is 5.73 Å². The second-order valence-corrected chi connectivity index (χ2v) is 8.55. The smallest absolute Gasteiger partial charge is 1.00 e. The van der Waals surface area contributed by atoms with Gasteiger partial charge in [-0.05, 0) is 35.4 Å². The molecule has 0 saturated heterocycles. The molecule has 0 atom stereocenters. The van der Waals surface area contributed by atoms with Gasteiger partial charge in [-0.25, -0.2) is 0 Å². The van der Waals surface area contributed by atoms with Crippen molar-refractivity contribution in [1.82, 2.24) is 0 Å². The first-order valence-corrected chi connectivity index (χ1v) is 11.3. The molecule has 4 aromatic rings. The first kappa shape index (κ1) is 25.3. The maximum Gasteiger partial charge on any atom is 1.00 e. The number of hydrogen-bond donors (Lipinski definition) is 2. The average Bonchev–Trinajstić information content (AvgIpc) is 2.83. The second-order valence-electron chi connectivity index (χ2n) is 7.16. The molecule has 0 bridgehead atoms. The molecule has 0 aliphatic carbocycles. The van der Waals surface area contributed by atoms with E-state index in [1.807, 2.05) is 30.3 Å². The van der Waals surface area contributed by atoms with Gasteiger partial charge >= 0.3 is 29.6 Å². The van der Waals surface area contributed by atoms with Crippen molar-refractivity contribution >= 4 is 49.6 Å². The van der Waals surface area contributed by atoms with Gasteiger partial charge in [0.05, 0.1) is 23.0 Å².